The van der Waals surface area contributed by atoms with E-state index in [-0.39, 0.29) is 0 Å². The van der Waals surface area contributed by atoms with Gasteiger partial charge in [-0.2, -0.15) is 0 Å². The molecule has 0 aromatic carbocycles. The first-order valence-electron chi connectivity index (χ1n) is 7.32. The summed E-state index contributed by atoms with van der Waals surface area (Å²) in [6, 6.07) is 0.323. The second-order valence-electron chi connectivity index (χ2n) is 5.35. The molecular weight excluding hydrogens is 244 g/mol. The fraction of sp³-hybridized carbons (Fsp3) is 0.929. The van der Waals surface area contributed by atoms with E-state index < -0.39 is 11.5 Å². The molecule has 1 aliphatic rings. The molecule has 19 heavy (non-hydrogen) atoms. The lowest BCUT2D eigenvalue weighted by Crippen LogP contribution is -2.58. The predicted octanol–water partition coefficient (Wildman–Crippen LogP) is 1.33. The van der Waals surface area contributed by atoms with E-state index in [9.17, 15) is 9.90 Å². The van der Waals surface area contributed by atoms with Crippen LogP contribution >= 0.6 is 0 Å². The standard InChI is InChI=1S/C14H28N2O3/c1-4-15-14(13(17)18)8-6-7-12(11-14)16(3)9-10-19-5-2/h12,15H,4-11H2,1-3H3,(H,17,18). The van der Waals surface area contributed by atoms with E-state index in [1.165, 1.54) is 0 Å². The number of hydrogen-bond donors (Lipinski definition) is 2. The maximum Gasteiger partial charge on any atom is 0.323 e. The zero-order chi connectivity index (χ0) is 14.3. The van der Waals surface area contributed by atoms with Gasteiger partial charge in [-0.25, -0.2) is 0 Å². The molecule has 0 heterocycles. The van der Waals surface area contributed by atoms with E-state index in [1.807, 2.05) is 13.8 Å². The fourth-order valence-electron chi connectivity index (χ4n) is 2.93. The van der Waals surface area contributed by atoms with Gasteiger partial charge in [-0.1, -0.05) is 6.92 Å². The van der Waals surface area contributed by atoms with E-state index in [1.54, 1.807) is 0 Å². The molecule has 0 radical (unpaired) electrons. The van der Waals surface area contributed by atoms with E-state index in [2.05, 4.69) is 17.3 Å². The normalized spacial score (nSPS) is 27.7. The second kappa shape index (κ2) is 7.82. The van der Waals surface area contributed by atoms with E-state index in [4.69, 9.17) is 4.74 Å². The van der Waals surface area contributed by atoms with Crippen LogP contribution in [0.2, 0.25) is 0 Å². The highest BCUT2D eigenvalue weighted by Crippen LogP contribution is 2.31. The zero-order valence-corrected chi connectivity index (χ0v) is 12.4. The Morgan fingerprint density at radius 1 is 1.53 bits per heavy atom. The lowest BCUT2D eigenvalue weighted by atomic mass is 9.78. The van der Waals surface area contributed by atoms with Crippen molar-refractivity contribution in [1.82, 2.24) is 10.2 Å². The van der Waals surface area contributed by atoms with Crippen molar-refractivity contribution in [1.29, 1.82) is 0 Å². The van der Waals surface area contributed by atoms with Gasteiger partial charge in [0.05, 0.1) is 6.61 Å². The average molecular weight is 272 g/mol. The van der Waals surface area contributed by atoms with Crippen LogP contribution in [-0.4, -0.2) is 60.9 Å². The van der Waals surface area contributed by atoms with Gasteiger partial charge in [-0.3, -0.25) is 4.79 Å². The van der Waals surface area contributed by atoms with Gasteiger partial charge in [0.2, 0.25) is 0 Å². The zero-order valence-electron chi connectivity index (χ0n) is 12.4. The van der Waals surface area contributed by atoms with Crippen molar-refractivity contribution < 1.29 is 14.6 Å². The van der Waals surface area contributed by atoms with Crippen molar-refractivity contribution in [2.24, 2.45) is 0 Å². The Balaban J connectivity index is 2.58. The van der Waals surface area contributed by atoms with Crippen LogP contribution in [0.25, 0.3) is 0 Å². The molecule has 5 nitrogen and oxygen atoms in total. The highest BCUT2D eigenvalue weighted by atomic mass is 16.5. The topological polar surface area (TPSA) is 61.8 Å². The van der Waals surface area contributed by atoms with Crippen LogP contribution in [0.4, 0.5) is 0 Å². The van der Waals surface area contributed by atoms with Crippen LogP contribution in [-0.2, 0) is 9.53 Å². The summed E-state index contributed by atoms with van der Waals surface area (Å²) < 4.78 is 5.37. The number of nitrogens with one attached hydrogen (secondary N) is 1. The monoisotopic (exact) mass is 272 g/mol. The number of carboxylic acids is 1. The molecule has 0 aromatic heterocycles. The third kappa shape index (κ3) is 4.44. The quantitative estimate of drug-likeness (QED) is 0.653. The molecule has 0 aromatic rings. The summed E-state index contributed by atoms with van der Waals surface area (Å²) in [6.45, 7) is 6.95. The SMILES string of the molecule is CCNC1(C(=O)O)CCCC(N(C)CCOCC)C1. The highest BCUT2D eigenvalue weighted by Gasteiger charge is 2.43. The Kier molecular flexibility index (Phi) is 6.75. The van der Waals surface area contributed by atoms with Crippen molar-refractivity contribution >= 4 is 5.97 Å². The van der Waals surface area contributed by atoms with Gasteiger partial charge in [0.1, 0.15) is 5.54 Å². The summed E-state index contributed by atoms with van der Waals surface area (Å²) in [5, 5.41) is 12.7. The third-order valence-electron chi connectivity index (χ3n) is 4.07. The van der Waals surface area contributed by atoms with Crippen molar-refractivity contribution in [3.63, 3.8) is 0 Å². The molecule has 112 valence electrons. The lowest BCUT2D eigenvalue weighted by Gasteiger charge is -2.41. The minimum atomic E-state index is -0.739. The van der Waals surface area contributed by atoms with Crippen LogP contribution in [0.3, 0.4) is 0 Å². The van der Waals surface area contributed by atoms with Gasteiger partial charge in [-0.15, -0.1) is 0 Å². The molecule has 5 heteroatoms. The van der Waals surface area contributed by atoms with Gasteiger partial charge in [0.15, 0.2) is 0 Å². The lowest BCUT2D eigenvalue weighted by molar-refractivity contribution is -0.147. The number of aliphatic carboxylic acids is 1. The minimum absolute atomic E-state index is 0.323. The van der Waals surface area contributed by atoms with E-state index in [0.29, 0.717) is 25.6 Å². The molecule has 2 atom stereocenters. The van der Waals surface area contributed by atoms with Gasteiger partial charge >= 0.3 is 5.97 Å². The van der Waals surface area contributed by atoms with E-state index >= 15 is 0 Å². The number of hydrogen-bond acceptors (Lipinski definition) is 4. The number of likely N-dealkylation sites (N-methyl/N-ethyl adjacent to an activating group) is 2. The summed E-state index contributed by atoms with van der Waals surface area (Å²) >= 11 is 0. The maximum absolute atomic E-state index is 11.6. The van der Waals surface area contributed by atoms with Crippen LogP contribution in [0.1, 0.15) is 39.5 Å². The summed E-state index contributed by atoms with van der Waals surface area (Å²) in [5.41, 5.74) is -0.739. The van der Waals surface area contributed by atoms with Crippen molar-refractivity contribution in [3.8, 4) is 0 Å². The largest absolute Gasteiger partial charge is 0.480 e. The number of ether oxygens (including phenoxy) is 1. The molecule has 1 fully saturated rings. The van der Waals surface area contributed by atoms with Crippen molar-refractivity contribution in [2.75, 3.05) is 33.4 Å². The Morgan fingerprint density at radius 3 is 2.84 bits per heavy atom. The van der Waals surface area contributed by atoms with Crippen molar-refractivity contribution in [2.45, 2.75) is 51.1 Å². The molecule has 1 saturated carbocycles. The van der Waals surface area contributed by atoms with E-state index in [0.717, 1.165) is 32.4 Å². The molecule has 1 rings (SSSR count). The molecule has 0 spiro atoms. The number of carbonyl (C=O) groups is 1. The molecule has 0 saturated heterocycles. The summed E-state index contributed by atoms with van der Waals surface area (Å²) in [6.07, 6.45) is 3.44. The number of carboxylic acid groups (broad SMARTS) is 1. The van der Waals surface area contributed by atoms with Gasteiger partial charge in [0.25, 0.3) is 0 Å². The predicted molar refractivity (Wildman–Crippen MR) is 75.4 cm³/mol. The maximum atomic E-state index is 11.6. The van der Waals surface area contributed by atoms with Gasteiger partial charge in [-0.05, 0) is 46.2 Å². The smallest absolute Gasteiger partial charge is 0.323 e. The second-order valence-corrected chi connectivity index (χ2v) is 5.35. The fourth-order valence-corrected chi connectivity index (χ4v) is 2.93. The first-order valence-corrected chi connectivity index (χ1v) is 7.32. The minimum Gasteiger partial charge on any atom is -0.480 e. The Bertz CT molecular complexity index is 282. The van der Waals surface area contributed by atoms with Crippen LogP contribution in [0, 0.1) is 0 Å². The Hall–Kier alpha value is -0.650. The third-order valence-corrected chi connectivity index (χ3v) is 4.07. The molecule has 2 N–H and O–H groups in total. The number of nitrogens with zero attached hydrogens (tertiary/aromatic N) is 1. The van der Waals surface area contributed by atoms with Crippen LogP contribution < -0.4 is 5.32 Å². The summed E-state index contributed by atoms with van der Waals surface area (Å²) in [7, 11) is 2.06. The summed E-state index contributed by atoms with van der Waals surface area (Å²) in [5.74, 6) is -0.711. The first-order chi connectivity index (χ1) is 9.05. The number of rotatable bonds is 8. The van der Waals surface area contributed by atoms with Gasteiger partial charge in [0, 0.05) is 19.2 Å². The molecule has 0 bridgehead atoms. The van der Waals surface area contributed by atoms with Crippen LogP contribution in [0.15, 0.2) is 0 Å². The van der Waals surface area contributed by atoms with Crippen molar-refractivity contribution in [3.05, 3.63) is 0 Å². The Morgan fingerprint density at radius 2 is 2.26 bits per heavy atom. The highest BCUT2D eigenvalue weighted by molar-refractivity contribution is 5.79. The van der Waals surface area contributed by atoms with Crippen LogP contribution in [0.5, 0.6) is 0 Å². The molecule has 2 unspecified atom stereocenters. The molecule has 0 aliphatic heterocycles. The summed E-state index contributed by atoms with van der Waals surface area (Å²) in [4.78, 5) is 13.8. The molecule has 1 aliphatic carbocycles. The Labute approximate surface area is 116 Å². The molecule has 0 amide bonds. The molecular formula is C14H28N2O3. The first kappa shape index (κ1) is 16.4. The van der Waals surface area contributed by atoms with Gasteiger partial charge < -0.3 is 20.1 Å². The average Bonchev–Trinajstić information content (AvgIpc) is 2.39.